The minimum absolute atomic E-state index is 0.640. The second-order valence-corrected chi connectivity index (χ2v) is 4.39. The lowest BCUT2D eigenvalue weighted by Crippen LogP contribution is -2.41. The zero-order valence-corrected chi connectivity index (χ0v) is 9.74. The van der Waals surface area contributed by atoms with E-state index in [-0.39, 0.29) is 0 Å². The van der Waals surface area contributed by atoms with Crippen molar-refractivity contribution in [2.24, 2.45) is 9.98 Å². The first-order valence-electron chi connectivity index (χ1n) is 5.98. The maximum absolute atomic E-state index is 4.61. The van der Waals surface area contributed by atoms with E-state index in [1.54, 1.807) is 0 Å². The molecule has 0 amide bonds. The summed E-state index contributed by atoms with van der Waals surface area (Å²) in [4.78, 5) is 11.4. The van der Waals surface area contributed by atoms with Crippen molar-refractivity contribution < 1.29 is 0 Å². The van der Waals surface area contributed by atoms with E-state index in [0.29, 0.717) is 6.67 Å². The highest BCUT2D eigenvalue weighted by Gasteiger charge is 2.20. The van der Waals surface area contributed by atoms with Crippen molar-refractivity contribution in [3.8, 4) is 0 Å². The van der Waals surface area contributed by atoms with Crippen LogP contribution >= 0.6 is 0 Å². The molecule has 4 rings (SSSR count). The molecule has 0 bridgehead atoms. The summed E-state index contributed by atoms with van der Waals surface area (Å²) >= 11 is 0. The third kappa shape index (κ3) is 1.24. The van der Waals surface area contributed by atoms with Crippen LogP contribution in [0.2, 0.25) is 0 Å². The molecule has 2 heterocycles. The topological polar surface area (TPSA) is 28.0 Å². The summed E-state index contributed by atoms with van der Waals surface area (Å²) in [6.45, 7) is 0.640. The molecule has 3 nitrogen and oxygen atoms in total. The van der Waals surface area contributed by atoms with Crippen molar-refractivity contribution in [3.05, 3.63) is 64.7 Å². The Hall–Kier alpha value is -2.42. The van der Waals surface area contributed by atoms with Gasteiger partial charge in [-0.1, -0.05) is 30.3 Å². The first-order valence-corrected chi connectivity index (χ1v) is 5.98. The Balaban J connectivity index is 2.06. The molecule has 0 saturated carbocycles. The van der Waals surface area contributed by atoms with Crippen LogP contribution in [0.3, 0.4) is 0 Å². The summed E-state index contributed by atoms with van der Waals surface area (Å²) < 4.78 is 0. The normalized spacial score (nSPS) is 15.6. The summed E-state index contributed by atoms with van der Waals surface area (Å²) in [5, 5.41) is 2.13. The van der Waals surface area contributed by atoms with Gasteiger partial charge in [-0.15, -0.1) is 0 Å². The monoisotopic (exact) mass is 233 g/mol. The predicted octanol–water partition coefficient (Wildman–Crippen LogP) is 1.28. The lowest BCUT2D eigenvalue weighted by atomic mass is 10.1. The van der Waals surface area contributed by atoms with E-state index in [1.807, 2.05) is 30.5 Å². The Morgan fingerprint density at radius 1 is 0.944 bits per heavy atom. The van der Waals surface area contributed by atoms with Gasteiger partial charge in [0.15, 0.2) is 0 Å². The van der Waals surface area contributed by atoms with Gasteiger partial charge in [-0.25, -0.2) is 4.99 Å². The highest BCUT2D eigenvalue weighted by Crippen LogP contribution is 2.27. The van der Waals surface area contributed by atoms with Gasteiger partial charge in [0, 0.05) is 17.0 Å². The number of rotatable bonds is 0. The molecule has 0 N–H and O–H groups in total. The molecule has 2 aromatic carbocycles. The van der Waals surface area contributed by atoms with Crippen LogP contribution in [0.15, 0.2) is 58.5 Å². The molecular weight excluding hydrogens is 222 g/mol. The minimum atomic E-state index is 0.640. The number of benzene rings is 2. The molecule has 2 aliphatic heterocycles. The summed E-state index contributed by atoms with van der Waals surface area (Å²) in [5.41, 5.74) is 2.33. The summed E-state index contributed by atoms with van der Waals surface area (Å²) in [6.07, 6.45) is 1.93. The molecule has 18 heavy (non-hydrogen) atoms. The van der Waals surface area contributed by atoms with E-state index in [9.17, 15) is 0 Å². The molecule has 0 atom stereocenters. The van der Waals surface area contributed by atoms with Gasteiger partial charge in [0.05, 0.1) is 11.0 Å². The Kier molecular flexibility index (Phi) is 1.88. The molecule has 0 radical (unpaired) electrons. The average molecular weight is 233 g/mol. The van der Waals surface area contributed by atoms with E-state index in [1.165, 1.54) is 5.69 Å². The Bertz CT molecular complexity index is 774. The van der Waals surface area contributed by atoms with Gasteiger partial charge in [-0.2, -0.15) is 0 Å². The van der Waals surface area contributed by atoms with Crippen molar-refractivity contribution in [2.75, 3.05) is 11.6 Å². The van der Waals surface area contributed by atoms with Crippen LogP contribution in [-0.4, -0.2) is 12.9 Å². The molecule has 3 heteroatoms. The van der Waals surface area contributed by atoms with E-state index >= 15 is 0 Å². The maximum atomic E-state index is 4.61. The molecule has 86 valence electrons. The van der Waals surface area contributed by atoms with Crippen molar-refractivity contribution in [2.45, 2.75) is 0 Å². The Labute approximate surface area is 104 Å². The van der Waals surface area contributed by atoms with Crippen LogP contribution in [0, 0.1) is 0 Å². The second kappa shape index (κ2) is 3.53. The molecule has 0 unspecified atom stereocenters. The Morgan fingerprint density at radius 3 is 2.78 bits per heavy atom. The first-order chi connectivity index (χ1) is 8.93. The summed E-state index contributed by atoms with van der Waals surface area (Å²) in [5.74, 6) is 0.999. The van der Waals surface area contributed by atoms with E-state index < -0.39 is 0 Å². The molecule has 0 fully saturated rings. The molecular formula is C15H11N3. The third-order valence-electron chi connectivity index (χ3n) is 3.34. The smallest absolute Gasteiger partial charge is 0.144 e. The van der Waals surface area contributed by atoms with E-state index in [0.717, 1.165) is 22.0 Å². The largest absolute Gasteiger partial charge is 0.305 e. The number of hydrogen-bond donors (Lipinski definition) is 0. The van der Waals surface area contributed by atoms with Gasteiger partial charge in [0.2, 0.25) is 0 Å². The number of nitrogens with zero attached hydrogens (tertiary/aromatic N) is 3. The number of fused-ring (bicyclic) bond motifs is 4. The molecule has 2 aromatic rings. The van der Waals surface area contributed by atoms with Gasteiger partial charge >= 0.3 is 0 Å². The molecule has 0 saturated heterocycles. The SMILES string of the molecule is C1=NC2=c3ccccc3=NCN2c2ccccc21. The van der Waals surface area contributed by atoms with Crippen molar-refractivity contribution in [1.29, 1.82) is 0 Å². The van der Waals surface area contributed by atoms with Crippen LogP contribution < -0.4 is 15.5 Å². The van der Waals surface area contributed by atoms with Crippen LogP contribution in [-0.2, 0) is 0 Å². The number of aliphatic imine (C=N–C) groups is 1. The van der Waals surface area contributed by atoms with Crippen molar-refractivity contribution in [3.63, 3.8) is 0 Å². The minimum Gasteiger partial charge on any atom is -0.305 e. The number of hydrogen-bond acceptors (Lipinski definition) is 3. The van der Waals surface area contributed by atoms with Gasteiger partial charge < -0.3 is 4.90 Å². The van der Waals surface area contributed by atoms with Crippen molar-refractivity contribution in [1.82, 2.24) is 0 Å². The molecule has 0 aromatic heterocycles. The lowest BCUT2D eigenvalue weighted by molar-refractivity contribution is 0.901. The fourth-order valence-corrected chi connectivity index (χ4v) is 2.46. The van der Waals surface area contributed by atoms with Crippen LogP contribution in [0.1, 0.15) is 5.56 Å². The van der Waals surface area contributed by atoms with Gasteiger partial charge in [-0.3, -0.25) is 4.99 Å². The highest BCUT2D eigenvalue weighted by atomic mass is 15.3. The molecule has 2 aliphatic rings. The zero-order chi connectivity index (χ0) is 11.9. The van der Waals surface area contributed by atoms with Crippen LogP contribution in [0.25, 0.3) is 5.82 Å². The van der Waals surface area contributed by atoms with Crippen LogP contribution in [0.5, 0.6) is 0 Å². The maximum Gasteiger partial charge on any atom is 0.144 e. The second-order valence-electron chi connectivity index (χ2n) is 4.39. The molecule has 0 spiro atoms. The fourth-order valence-electron chi connectivity index (χ4n) is 2.46. The summed E-state index contributed by atoms with van der Waals surface area (Å²) in [6, 6.07) is 16.4. The van der Waals surface area contributed by atoms with E-state index in [4.69, 9.17) is 0 Å². The van der Waals surface area contributed by atoms with Gasteiger partial charge in [0.25, 0.3) is 0 Å². The quantitative estimate of drug-likeness (QED) is 0.673. The average Bonchev–Trinajstić information content (AvgIpc) is 2.46. The first kappa shape index (κ1) is 9.59. The third-order valence-corrected chi connectivity index (χ3v) is 3.34. The summed E-state index contributed by atoms with van der Waals surface area (Å²) in [7, 11) is 0. The number of para-hydroxylation sites is 2. The standard InChI is InChI=1S/C15H11N3/c1-4-8-14-11(5-1)9-16-15-12-6-2-3-7-13(12)17-10-18(14)15/h1-9H,10H2. The highest BCUT2D eigenvalue weighted by molar-refractivity contribution is 5.96. The predicted molar refractivity (Wildman–Crippen MR) is 72.0 cm³/mol. The molecule has 0 aliphatic carbocycles. The Morgan fingerprint density at radius 2 is 1.78 bits per heavy atom. The van der Waals surface area contributed by atoms with Crippen LogP contribution in [0.4, 0.5) is 5.69 Å². The lowest BCUT2D eigenvalue weighted by Gasteiger charge is -2.29. The van der Waals surface area contributed by atoms with Crippen molar-refractivity contribution >= 4 is 17.7 Å². The fraction of sp³-hybridized carbons (Fsp3) is 0.0667. The zero-order valence-electron chi connectivity index (χ0n) is 9.74. The number of anilines is 1. The van der Waals surface area contributed by atoms with Gasteiger partial charge in [-0.05, 0) is 18.2 Å². The van der Waals surface area contributed by atoms with E-state index in [2.05, 4.69) is 39.2 Å². The van der Waals surface area contributed by atoms with Gasteiger partial charge in [0.1, 0.15) is 12.5 Å².